The second kappa shape index (κ2) is 11.1. The molecule has 2 heterocycles. The number of guanidine groups is 1. The molecule has 1 aliphatic rings. The first-order chi connectivity index (χ1) is 12.7. The van der Waals surface area contributed by atoms with Crippen LogP contribution in [0, 0.1) is 6.92 Å². The topological polar surface area (TPSA) is 43.8 Å². The first-order valence-corrected chi connectivity index (χ1v) is 10.3. The summed E-state index contributed by atoms with van der Waals surface area (Å²) in [7, 11) is 0. The Morgan fingerprint density at radius 1 is 1.30 bits per heavy atom. The van der Waals surface area contributed by atoms with E-state index in [-0.39, 0.29) is 24.0 Å². The van der Waals surface area contributed by atoms with Crippen LogP contribution < -0.4 is 10.2 Å². The van der Waals surface area contributed by atoms with E-state index in [0.29, 0.717) is 0 Å². The third-order valence-corrected chi connectivity index (χ3v) is 5.55. The van der Waals surface area contributed by atoms with Crippen LogP contribution in [0.5, 0.6) is 0 Å². The van der Waals surface area contributed by atoms with Crippen molar-refractivity contribution in [3.63, 3.8) is 0 Å². The van der Waals surface area contributed by atoms with Gasteiger partial charge in [0.25, 0.3) is 0 Å². The average molecular weight is 520 g/mol. The molecule has 0 unspecified atom stereocenters. The van der Waals surface area contributed by atoms with Gasteiger partial charge >= 0.3 is 0 Å². The summed E-state index contributed by atoms with van der Waals surface area (Å²) in [6.07, 6.45) is 2.83. The molecule has 0 aliphatic carbocycles. The van der Waals surface area contributed by atoms with Crippen LogP contribution in [-0.2, 0) is 6.42 Å². The summed E-state index contributed by atoms with van der Waals surface area (Å²) in [5.74, 6) is 1.01. The lowest BCUT2D eigenvalue weighted by Crippen LogP contribution is -2.52. The Balaban J connectivity index is 0.00000261. The molecule has 1 fully saturated rings. The monoisotopic (exact) mass is 519 g/mol. The van der Waals surface area contributed by atoms with Crippen LogP contribution in [0.4, 0.5) is 5.69 Å². The Hall–Kier alpha value is -1.06. The largest absolute Gasteiger partial charge is 0.368 e. The Bertz CT molecular complexity index is 743. The van der Waals surface area contributed by atoms with Gasteiger partial charge in [0.05, 0.1) is 5.01 Å². The molecule has 27 heavy (non-hydrogen) atoms. The molecular weight excluding hydrogens is 493 g/mol. The molecule has 0 atom stereocenters. The van der Waals surface area contributed by atoms with E-state index in [2.05, 4.69) is 40.0 Å². The van der Waals surface area contributed by atoms with Crippen molar-refractivity contribution in [3.8, 4) is 0 Å². The minimum atomic E-state index is 0. The fraction of sp³-hybridized carbons (Fsp3) is 0.474. The van der Waals surface area contributed by atoms with Gasteiger partial charge in [-0.1, -0.05) is 17.7 Å². The van der Waals surface area contributed by atoms with Crippen molar-refractivity contribution in [2.45, 2.75) is 20.3 Å². The number of aliphatic imine (C=N–C) groups is 1. The molecule has 0 saturated carbocycles. The van der Waals surface area contributed by atoms with Crippen molar-refractivity contribution in [1.82, 2.24) is 15.2 Å². The van der Waals surface area contributed by atoms with Crippen molar-refractivity contribution in [1.29, 1.82) is 0 Å². The Morgan fingerprint density at radius 3 is 2.70 bits per heavy atom. The maximum Gasteiger partial charge on any atom is 0.194 e. The van der Waals surface area contributed by atoms with E-state index in [9.17, 15) is 0 Å². The summed E-state index contributed by atoms with van der Waals surface area (Å²) in [5, 5.41) is 5.38. The number of thiazole rings is 1. The smallest absolute Gasteiger partial charge is 0.194 e. The van der Waals surface area contributed by atoms with Gasteiger partial charge < -0.3 is 15.1 Å². The van der Waals surface area contributed by atoms with Crippen LogP contribution >= 0.6 is 46.9 Å². The van der Waals surface area contributed by atoms with Crippen molar-refractivity contribution < 1.29 is 0 Å². The number of aryl methyl sites for hydroxylation is 1. The van der Waals surface area contributed by atoms with Crippen LogP contribution in [0.3, 0.4) is 0 Å². The number of halogens is 2. The van der Waals surface area contributed by atoms with Gasteiger partial charge in [0, 0.05) is 67.5 Å². The normalized spacial score (nSPS) is 14.9. The van der Waals surface area contributed by atoms with E-state index in [0.717, 1.165) is 61.7 Å². The lowest BCUT2D eigenvalue weighted by atomic mass is 10.2. The summed E-state index contributed by atoms with van der Waals surface area (Å²) in [5.41, 5.74) is 1.19. The van der Waals surface area contributed by atoms with Gasteiger partial charge in [0.15, 0.2) is 5.96 Å². The Morgan fingerprint density at radius 2 is 2.07 bits per heavy atom. The van der Waals surface area contributed by atoms with Crippen molar-refractivity contribution >= 4 is 58.6 Å². The number of rotatable bonds is 5. The maximum atomic E-state index is 6.12. The molecule has 1 aliphatic heterocycles. The van der Waals surface area contributed by atoms with Crippen molar-refractivity contribution in [2.24, 2.45) is 4.99 Å². The molecule has 8 heteroatoms. The van der Waals surface area contributed by atoms with Gasteiger partial charge in [-0.2, -0.15) is 0 Å². The molecule has 2 aromatic rings. The van der Waals surface area contributed by atoms with E-state index >= 15 is 0 Å². The zero-order valence-electron chi connectivity index (χ0n) is 15.8. The number of hydrogen-bond donors (Lipinski definition) is 1. The summed E-state index contributed by atoms with van der Waals surface area (Å²) in [4.78, 5) is 15.2. The van der Waals surface area contributed by atoms with E-state index in [4.69, 9.17) is 16.6 Å². The van der Waals surface area contributed by atoms with Gasteiger partial charge in [-0.25, -0.2) is 4.98 Å². The highest BCUT2D eigenvalue weighted by molar-refractivity contribution is 14.0. The highest BCUT2D eigenvalue weighted by Gasteiger charge is 2.19. The lowest BCUT2D eigenvalue weighted by molar-refractivity contribution is 0.372. The summed E-state index contributed by atoms with van der Waals surface area (Å²) in [6.45, 7) is 9.69. The summed E-state index contributed by atoms with van der Waals surface area (Å²) >= 11 is 7.88. The van der Waals surface area contributed by atoms with Gasteiger partial charge in [-0.15, -0.1) is 35.3 Å². The molecule has 0 radical (unpaired) electrons. The molecule has 1 saturated heterocycles. The maximum absolute atomic E-state index is 6.12. The number of nitrogens with zero attached hydrogens (tertiary/aromatic N) is 4. The third kappa shape index (κ3) is 6.50. The van der Waals surface area contributed by atoms with E-state index in [1.165, 1.54) is 10.6 Å². The molecule has 0 bridgehead atoms. The lowest BCUT2D eigenvalue weighted by Gasteiger charge is -2.37. The summed E-state index contributed by atoms with van der Waals surface area (Å²) in [6, 6.07) is 8.08. The van der Waals surface area contributed by atoms with Crippen molar-refractivity contribution in [2.75, 3.05) is 44.2 Å². The highest BCUT2D eigenvalue weighted by atomic mass is 127. The second-order valence-electron chi connectivity index (χ2n) is 6.30. The van der Waals surface area contributed by atoms with E-state index in [1.54, 1.807) is 11.3 Å². The highest BCUT2D eigenvalue weighted by Crippen LogP contribution is 2.20. The molecule has 1 N–H and O–H groups in total. The molecule has 5 nitrogen and oxygen atoms in total. The molecule has 0 spiro atoms. The van der Waals surface area contributed by atoms with Crippen LogP contribution in [0.1, 0.15) is 16.8 Å². The summed E-state index contributed by atoms with van der Waals surface area (Å²) < 4.78 is 0. The number of piperazine rings is 1. The fourth-order valence-electron chi connectivity index (χ4n) is 3.05. The van der Waals surface area contributed by atoms with E-state index in [1.807, 2.05) is 24.4 Å². The van der Waals surface area contributed by atoms with Crippen LogP contribution in [0.25, 0.3) is 0 Å². The van der Waals surface area contributed by atoms with Gasteiger partial charge in [-0.05, 0) is 32.0 Å². The number of aromatic nitrogens is 1. The zero-order chi connectivity index (χ0) is 18.4. The molecule has 148 valence electrons. The van der Waals surface area contributed by atoms with Crippen LogP contribution in [0.15, 0.2) is 35.5 Å². The predicted molar refractivity (Wildman–Crippen MR) is 127 cm³/mol. The van der Waals surface area contributed by atoms with Gasteiger partial charge in [-0.3, -0.25) is 4.99 Å². The average Bonchev–Trinajstić information content (AvgIpc) is 3.06. The quantitative estimate of drug-likeness (QED) is 0.368. The molecule has 0 amide bonds. The first-order valence-electron chi connectivity index (χ1n) is 9.11. The zero-order valence-corrected chi connectivity index (χ0v) is 19.7. The first kappa shape index (κ1) is 22.2. The SMILES string of the molecule is CCNC(=NCCc1ncc(C)s1)N1CCN(c2cccc(Cl)c2)CC1.I. The fourth-order valence-corrected chi connectivity index (χ4v) is 4.01. The number of hydrogen-bond acceptors (Lipinski definition) is 4. The predicted octanol–water partition coefficient (Wildman–Crippen LogP) is 4.05. The Kier molecular flexibility index (Phi) is 9.11. The minimum Gasteiger partial charge on any atom is -0.368 e. The third-order valence-electron chi connectivity index (χ3n) is 4.34. The van der Waals surface area contributed by atoms with Crippen LogP contribution in [0.2, 0.25) is 5.02 Å². The number of nitrogens with one attached hydrogen (secondary N) is 1. The second-order valence-corrected chi connectivity index (χ2v) is 8.06. The molecule has 3 rings (SSSR count). The van der Waals surface area contributed by atoms with Crippen LogP contribution in [-0.4, -0.2) is 55.1 Å². The number of anilines is 1. The van der Waals surface area contributed by atoms with Crippen molar-refractivity contribution in [3.05, 3.63) is 45.4 Å². The standard InChI is InChI=1S/C19H26ClN5S.HI/c1-3-21-19(22-8-7-18-23-14-15(2)26-18)25-11-9-24(10-12-25)17-6-4-5-16(20)13-17;/h4-6,13-14H,3,7-12H2,1-2H3,(H,21,22);1H. The number of benzene rings is 1. The molecule has 1 aromatic heterocycles. The van der Waals surface area contributed by atoms with Gasteiger partial charge in [0.2, 0.25) is 0 Å². The Labute approximate surface area is 187 Å². The molecule has 1 aromatic carbocycles. The van der Waals surface area contributed by atoms with E-state index < -0.39 is 0 Å². The minimum absolute atomic E-state index is 0. The van der Waals surface area contributed by atoms with Gasteiger partial charge in [0.1, 0.15) is 0 Å². The molecular formula is C19H27ClIN5S.